The molecule has 2 nitrogen and oxygen atoms in total. The van der Waals surface area contributed by atoms with Gasteiger partial charge in [0.2, 0.25) is 0 Å². The van der Waals surface area contributed by atoms with Gasteiger partial charge in [0, 0.05) is 18.0 Å². The summed E-state index contributed by atoms with van der Waals surface area (Å²) in [6.45, 7) is 12.5. The van der Waals surface area contributed by atoms with Gasteiger partial charge >= 0.3 is 0 Å². The molecular formula is C14H27NO. The summed E-state index contributed by atoms with van der Waals surface area (Å²) in [5.74, 6) is 0.867. The maximum atomic E-state index is 5.30. The Balaban J connectivity index is 1.80. The third-order valence-corrected chi connectivity index (χ3v) is 4.11. The summed E-state index contributed by atoms with van der Waals surface area (Å²) in [7, 11) is 0. The number of hydrogen-bond donors (Lipinski definition) is 1. The molecule has 0 bridgehead atoms. The summed E-state index contributed by atoms with van der Waals surface area (Å²) in [5.41, 5.74) is 0.928. The van der Waals surface area contributed by atoms with E-state index in [9.17, 15) is 0 Å². The van der Waals surface area contributed by atoms with Crippen LogP contribution in [-0.2, 0) is 4.74 Å². The predicted octanol–water partition coefficient (Wildman–Crippen LogP) is 2.83. The summed E-state index contributed by atoms with van der Waals surface area (Å²) in [6, 6.07) is 0.719. The fourth-order valence-corrected chi connectivity index (χ4v) is 3.44. The van der Waals surface area contributed by atoms with Gasteiger partial charge in [0.1, 0.15) is 0 Å². The van der Waals surface area contributed by atoms with E-state index < -0.39 is 0 Å². The molecule has 1 N–H and O–H groups in total. The highest BCUT2D eigenvalue weighted by atomic mass is 16.5. The van der Waals surface area contributed by atoms with Crippen molar-refractivity contribution in [1.29, 1.82) is 0 Å². The summed E-state index contributed by atoms with van der Waals surface area (Å²) >= 11 is 0. The smallest absolute Gasteiger partial charge is 0.0554 e. The average molecular weight is 225 g/mol. The van der Waals surface area contributed by atoms with Crippen molar-refractivity contribution in [3.63, 3.8) is 0 Å². The van der Waals surface area contributed by atoms with Crippen molar-refractivity contribution in [3.8, 4) is 0 Å². The van der Waals surface area contributed by atoms with Crippen molar-refractivity contribution in [1.82, 2.24) is 5.32 Å². The molecular weight excluding hydrogens is 198 g/mol. The van der Waals surface area contributed by atoms with Crippen LogP contribution in [0.4, 0.5) is 0 Å². The van der Waals surface area contributed by atoms with Crippen molar-refractivity contribution >= 4 is 0 Å². The Labute approximate surface area is 100 Å². The highest BCUT2D eigenvalue weighted by Gasteiger charge is 2.36. The largest absolute Gasteiger partial charge is 0.380 e. The van der Waals surface area contributed by atoms with E-state index in [0.29, 0.717) is 10.8 Å². The van der Waals surface area contributed by atoms with Crippen LogP contribution in [0.15, 0.2) is 0 Å². The standard InChI is InChI=1S/C14H27NO/c1-11-5-12(7-13(2,3)6-11)15-8-14(4)9-16-10-14/h11-12,15H,5-10H2,1-4H3. The van der Waals surface area contributed by atoms with Crippen molar-refractivity contribution < 1.29 is 4.74 Å². The molecule has 0 aromatic carbocycles. The molecule has 2 aliphatic rings. The summed E-state index contributed by atoms with van der Waals surface area (Å²) in [5, 5.41) is 3.77. The van der Waals surface area contributed by atoms with Crippen molar-refractivity contribution in [2.45, 2.75) is 53.0 Å². The predicted molar refractivity (Wildman–Crippen MR) is 67.5 cm³/mol. The Morgan fingerprint density at radius 1 is 1.19 bits per heavy atom. The summed E-state index contributed by atoms with van der Waals surface area (Å²) < 4.78 is 5.30. The topological polar surface area (TPSA) is 21.3 Å². The van der Waals surface area contributed by atoms with Crippen molar-refractivity contribution in [2.24, 2.45) is 16.7 Å². The van der Waals surface area contributed by atoms with E-state index in [1.54, 1.807) is 0 Å². The molecule has 2 heteroatoms. The molecule has 1 saturated carbocycles. The monoisotopic (exact) mass is 225 g/mol. The minimum atomic E-state index is 0.408. The van der Waals surface area contributed by atoms with Gasteiger partial charge in [-0.25, -0.2) is 0 Å². The minimum absolute atomic E-state index is 0.408. The number of nitrogens with one attached hydrogen (secondary N) is 1. The van der Waals surface area contributed by atoms with Gasteiger partial charge in [-0.1, -0.05) is 27.7 Å². The Morgan fingerprint density at radius 3 is 2.38 bits per heavy atom. The second-order valence-corrected chi connectivity index (χ2v) is 7.29. The van der Waals surface area contributed by atoms with E-state index in [4.69, 9.17) is 4.74 Å². The number of ether oxygens (including phenoxy) is 1. The third kappa shape index (κ3) is 2.98. The van der Waals surface area contributed by atoms with Crippen molar-refractivity contribution in [3.05, 3.63) is 0 Å². The maximum absolute atomic E-state index is 5.30. The van der Waals surface area contributed by atoms with Gasteiger partial charge in [0.15, 0.2) is 0 Å². The van der Waals surface area contributed by atoms with Crippen LogP contribution in [0.25, 0.3) is 0 Å². The number of hydrogen-bond acceptors (Lipinski definition) is 2. The van der Waals surface area contributed by atoms with E-state index in [2.05, 4.69) is 33.0 Å². The number of rotatable bonds is 3. The molecule has 2 unspecified atom stereocenters. The third-order valence-electron chi connectivity index (χ3n) is 4.11. The molecule has 0 aromatic heterocycles. The lowest BCUT2D eigenvalue weighted by Crippen LogP contribution is -2.51. The van der Waals surface area contributed by atoms with E-state index in [0.717, 1.165) is 31.7 Å². The first-order valence-electron chi connectivity index (χ1n) is 6.70. The van der Waals surface area contributed by atoms with E-state index in [-0.39, 0.29) is 0 Å². The van der Waals surface area contributed by atoms with Crippen LogP contribution in [0, 0.1) is 16.7 Å². The lowest BCUT2D eigenvalue weighted by Gasteiger charge is -2.43. The fourth-order valence-electron chi connectivity index (χ4n) is 3.44. The lowest BCUT2D eigenvalue weighted by atomic mass is 9.70. The molecule has 2 fully saturated rings. The fraction of sp³-hybridized carbons (Fsp3) is 1.00. The van der Waals surface area contributed by atoms with Gasteiger partial charge in [-0.3, -0.25) is 0 Å². The molecule has 0 aromatic rings. The first kappa shape index (κ1) is 12.4. The van der Waals surface area contributed by atoms with Crippen LogP contribution in [0.2, 0.25) is 0 Å². The van der Waals surface area contributed by atoms with Gasteiger partial charge in [0.05, 0.1) is 13.2 Å². The molecule has 94 valence electrons. The van der Waals surface area contributed by atoms with Crippen LogP contribution >= 0.6 is 0 Å². The summed E-state index contributed by atoms with van der Waals surface area (Å²) in [4.78, 5) is 0. The Bertz CT molecular complexity index is 245. The normalized spacial score (nSPS) is 36.8. The Kier molecular flexibility index (Phi) is 3.33. The first-order valence-corrected chi connectivity index (χ1v) is 6.70. The minimum Gasteiger partial charge on any atom is -0.380 e. The Hall–Kier alpha value is -0.0800. The highest BCUT2D eigenvalue weighted by molar-refractivity contribution is 4.90. The quantitative estimate of drug-likeness (QED) is 0.797. The van der Waals surface area contributed by atoms with Gasteiger partial charge in [0.25, 0.3) is 0 Å². The second kappa shape index (κ2) is 4.30. The zero-order valence-corrected chi connectivity index (χ0v) is 11.3. The van der Waals surface area contributed by atoms with Gasteiger partial charge in [-0.15, -0.1) is 0 Å². The highest BCUT2D eigenvalue weighted by Crippen LogP contribution is 2.38. The van der Waals surface area contributed by atoms with Gasteiger partial charge < -0.3 is 10.1 Å². The molecule has 1 aliphatic heterocycles. The van der Waals surface area contributed by atoms with Crippen molar-refractivity contribution in [2.75, 3.05) is 19.8 Å². The van der Waals surface area contributed by atoms with E-state index in [1.807, 2.05) is 0 Å². The van der Waals surface area contributed by atoms with Crippen LogP contribution in [0.5, 0.6) is 0 Å². The van der Waals surface area contributed by atoms with E-state index >= 15 is 0 Å². The zero-order valence-electron chi connectivity index (χ0n) is 11.3. The molecule has 2 atom stereocenters. The molecule has 16 heavy (non-hydrogen) atoms. The van der Waals surface area contributed by atoms with Gasteiger partial charge in [-0.05, 0) is 30.6 Å². The Morgan fingerprint density at radius 2 is 1.88 bits per heavy atom. The molecule has 1 saturated heterocycles. The average Bonchev–Trinajstić information content (AvgIpc) is 2.08. The molecule has 1 heterocycles. The van der Waals surface area contributed by atoms with Crippen LogP contribution in [0.1, 0.15) is 47.0 Å². The molecule has 0 spiro atoms. The SMILES string of the molecule is CC1CC(NCC2(C)COC2)CC(C)(C)C1. The van der Waals surface area contributed by atoms with E-state index in [1.165, 1.54) is 19.3 Å². The molecule has 1 aliphatic carbocycles. The zero-order chi connectivity index (χ0) is 11.8. The molecule has 2 rings (SSSR count). The first-order chi connectivity index (χ1) is 7.39. The van der Waals surface area contributed by atoms with Crippen LogP contribution in [0.3, 0.4) is 0 Å². The molecule has 0 amide bonds. The second-order valence-electron chi connectivity index (χ2n) is 7.29. The lowest BCUT2D eigenvalue weighted by molar-refractivity contribution is -0.101. The maximum Gasteiger partial charge on any atom is 0.0554 e. The summed E-state index contributed by atoms with van der Waals surface area (Å²) in [6.07, 6.45) is 4.06. The van der Waals surface area contributed by atoms with Crippen LogP contribution < -0.4 is 5.32 Å². The van der Waals surface area contributed by atoms with Gasteiger partial charge in [-0.2, -0.15) is 0 Å². The van der Waals surface area contributed by atoms with Crippen LogP contribution in [-0.4, -0.2) is 25.8 Å². The molecule has 0 radical (unpaired) electrons.